The number of carbonyl (C=O) groups excluding carboxylic acids is 1. The molecule has 6 heteroatoms. The van der Waals surface area contributed by atoms with Crippen LogP contribution in [-0.2, 0) is 14.3 Å². The lowest BCUT2D eigenvalue weighted by molar-refractivity contribution is -0.258. The van der Waals surface area contributed by atoms with Crippen molar-refractivity contribution in [2.45, 2.75) is 50.8 Å². The van der Waals surface area contributed by atoms with Crippen molar-refractivity contribution in [1.82, 2.24) is 0 Å². The molecule has 0 aliphatic carbocycles. The van der Waals surface area contributed by atoms with E-state index in [-0.39, 0.29) is 13.0 Å². The third-order valence-corrected chi connectivity index (χ3v) is 2.45. The predicted molar refractivity (Wildman–Crippen MR) is 53.4 cm³/mol. The SMILES string of the molecule is CCCCC(=O)O[C@H]1[C@H](O)[C@@H](O)OC[C@H]1O. The van der Waals surface area contributed by atoms with Crippen LogP contribution in [-0.4, -0.2) is 52.5 Å². The van der Waals surface area contributed by atoms with Gasteiger partial charge in [0.2, 0.25) is 0 Å². The molecule has 0 amide bonds. The smallest absolute Gasteiger partial charge is 0.306 e. The number of hydrogen-bond donors (Lipinski definition) is 3. The van der Waals surface area contributed by atoms with Gasteiger partial charge in [-0.3, -0.25) is 4.79 Å². The Labute approximate surface area is 93.8 Å². The summed E-state index contributed by atoms with van der Waals surface area (Å²) >= 11 is 0. The summed E-state index contributed by atoms with van der Waals surface area (Å²) in [6.45, 7) is 1.78. The van der Waals surface area contributed by atoms with Crippen molar-refractivity contribution in [2.75, 3.05) is 6.61 Å². The van der Waals surface area contributed by atoms with E-state index in [0.717, 1.165) is 6.42 Å². The van der Waals surface area contributed by atoms with Crippen molar-refractivity contribution in [3.63, 3.8) is 0 Å². The maximum absolute atomic E-state index is 11.3. The number of aliphatic hydroxyl groups excluding tert-OH is 3. The topological polar surface area (TPSA) is 96.2 Å². The highest BCUT2D eigenvalue weighted by atomic mass is 16.6. The molecule has 0 radical (unpaired) electrons. The Morgan fingerprint density at radius 3 is 2.75 bits per heavy atom. The Kier molecular flexibility index (Phi) is 5.14. The van der Waals surface area contributed by atoms with Crippen LogP contribution < -0.4 is 0 Å². The molecule has 1 heterocycles. The molecule has 0 bridgehead atoms. The Morgan fingerprint density at radius 1 is 1.44 bits per heavy atom. The van der Waals surface area contributed by atoms with E-state index in [0.29, 0.717) is 6.42 Å². The Balaban J connectivity index is 2.46. The molecule has 0 aromatic rings. The molecule has 1 aliphatic heterocycles. The molecule has 1 fully saturated rings. The summed E-state index contributed by atoms with van der Waals surface area (Å²) in [5.74, 6) is -0.487. The van der Waals surface area contributed by atoms with Gasteiger partial charge in [-0.1, -0.05) is 13.3 Å². The van der Waals surface area contributed by atoms with Crippen molar-refractivity contribution in [3.05, 3.63) is 0 Å². The second kappa shape index (κ2) is 6.15. The molecule has 94 valence electrons. The van der Waals surface area contributed by atoms with E-state index >= 15 is 0 Å². The fourth-order valence-electron chi connectivity index (χ4n) is 1.46. The second-order valence-electron chi connectivity index (χ2n) is 3.84. The summed E-state index contributed by atoms with van der Waals surface area (Å²) in [7, 11) is 0. The number of aliphatic hydroxyl groups is 3. The first kappa shape index (κ1) is 13.4. The first-order chi connectivity index (χ1) is 7.56. The van der Waals surface area contributed by atoms with Gasteiger partial charge < -0.3 is 24.8 Å². The summed E-state index contributed by atoms with van der Waals surface area (Å²) in [5, 5.41) is 28.1. The number of esters is 1. The van der Waals surface area contributed by atoms with Crippen LogP contribution in [0, 0.1) is 0 Å². The zero-order valence-electron chi connectivity index (χ0n) is 9.20. The van der Waals surface area contributed by atoms with Crippen molar-refractivity contribution >= 4 is 5.97 Å². The fraction of sp³-hybridized carbons (Fsp3) is 0.900. The Morgan fingerprint density at radius 2 is 2.12 bits per heavy atom. The van der Waals surface area contributed by atoms with Gasteiger partial charge in [-0.05, 0) is 6.42 Å². The van der Waals surface area contributed by atoms with Gasteiger partial charge >= 0.3 is 5.97 Å². The van der Waals surface area contributed by atoms with Gasteiger partial charge in [0, 0.05) is 6.42 Å². The van der Waals surface area contributed by atoms with Crippen LogP contribution in [0.2, 0.25) is 0 Å². The van der Waals surface area contributed by atoms with Crippen LogP contribution in [0.3, 0.4) is 0 Å². The molecule has 3 N–H and O–H groups in total. The van der Waals surface area contributed by atoms with E-state index in [1.54, 1.807) is 0 Å². The van der Waals surface area contributed by atoms with E-state index in [4.69, 9.17) is 4.74 Å². The minimum atomic E-state index is -1.42. The molecular formula is C10H18O6. The molecule has 1 saturated heterocycles. The first-order valence-electron chi connectivity index (χ1n) is 5.41. The highest BCUT2D eigenvalue weighted by molar-refractivity contribution is 5.69. The third kappa shape index (κ3) is 3.41. The van der Waals surface area contributed by atoms with Gasteiger partial charge in [0.1, 0.15) is 12.2 Å². The van der Waals surface area contributed by atoms with Crippen molar-refractivity contribution in [3.8, 4) is 0 Å². The lowest BCUT2D eigenvalue weighted by atomic mass is 10.1. The van der Waals surface area contributed by atoms with Gasteiger partial charge in [-0.25, -0.2) is 0 Å². The second-order valence-corrected chi connectivity index (χ2v) is 3.84. The summed E-state index contributed by atoms with van der Waals surface area (Å²) in [6.07, 6.45) is -3.27. The largest absolute Gasteiger partial charge is 0.457 e. The summed E-state index contributed by atoms with van der Waals surface area (Å²) in [4.78, 5) is 11.3. The molecule has 0 aromatic heterocycles. The maximum Gasteiger partial charge on any atom is 0.306 e. The molecule has 1 aliphatic rings. The number of ether oxygens (including phenoxy) is 2. The average Bonchev–Trinajstić information content (AvgIpc) is 2.27. The zero-order chi connectivity index (χ0) is 12.1. The molecule has 16 heavy (non-hydrogen) atoms. The van der Waals surface area contributed by atoms with E-state index in [1.807, 2.05) is 6.92 Å². The van der Waals surface area contributed by atoms with E-state index in [9.17, 15) is 20.1 Å². The van der Waals surface area contributed by atoms with Crippen molar-refractivity contribution in [1.29, 1.82) is 0 Å². The summed E-state index contributed by atoms with van der Waals surface area (Å²) in [5.41, 5.74) is 0. The van der Waals surface area contributed by atoms with Gasteiger partial charge in [0.15, 0.2) is 12.4 Å². The lowest BCUT2D eigenvalue weighted by Gasteiger charge is -2.34. The fourth-order valence-corrected chi connectivity index (χ4v) is 1.46. The van der Waals surface area contributed by atoms with Gasteiger partial charge in [0.05, 0.1) is 6.61 Å². The van der Waals surface area contributed by atoms with Gasteiger partial charge in [-0.15, -0.1) is 0 Å². The quantitative estimate of drug-likeness (QED) is 0.549. The van der Waals surface area contributed by atoms with Gasteiger partial charge in [-0.2, -0.15) is 0 Å². The number of hydrogen-bond acceptors (Lipinski definition) is 6. The minimum absolute atomic E-state index is 0.163. The normalized spacial score (nSPS) is 34.8. The standard InChI is InChI=1S/C10H18O6/c1-2-3-4-7(12)16-9-6(11)5-15-10(14)8(9)13/h6,8-11,13-14H,2-5H2,1H3/t6-,8+,9-,10+/m1/s1. The van der Waals surface area contributed by atoms with Crippen LogP contribution in [0.4, 0.5) is 0 Å². The van der Waals surface area contributed by atoms with Crippen LogP contribution in [0.25, 0.3) is 0 Å². The monoisotopic (exact) mass is 234 g/mol. The van der Waals surface area contributed by atoms with E-state index in [2.05, 4.69) is 4.74 Å². The number of rotatable bonds is 4. The van der Waals surface area contributed by atoms with Crippen molar-refractivity contribution in [2.24, 2.45) is 0 Å². The predicted octanol–water partition coefficient (Wildman–Crippen LogP) is -0.841. The molecule has 6 nitrogen and oxygen atoms in total. The average molecular weight is 234 g/mol. The van der Waals surface area contributed by atoms with Crippen LogP contribution in [0.1, 0.15) is 26.2 Å². The molecule has 0 spiro atoms. The van der Waals surface area contributed by atoms with Crippen LogP contribution >= 0.6 is 0 Å². The summed E-state index contributed by atoms with van der Waals surface area (Å²) < 4.78 is 9.57. The van der Waals surface area contributed by atoms with E-state index < -0.39 is 30.6 Å². The Hall–Kier alpha value is -0.690. The molecular weight excluding hydrogens is 216 g/mol. The molecule has 0 aromatic carbocycles. The molecule has 0 saturated carbocycles. The number of carbonyl (C=O) groups is 1. The summed E-state index contributed by atoms with van der Waals surface area (Å²) in [6, 6.07) is 0. The van der Waals surface area contributed by atoms with E-state index in [1.165, 1.54) is 0 Å². The van der Waals surface area contributed by atoms with Crippen molar-refractivity contribution < 1.29 is 29.6 Å². The first-order valence-corrected chi connectivity index (χ1v) is 5.41. The lowest BCUT2D eigenvalue weighted by Crippen LogP contribution is -2.54. The maximum atomic E-state index is 11.3. The highest BCUT2D eigenvalue weighted by Crippen LogP contribution is 2.17. The Bertz CT molecular complexity index is 231. The zero-order valence-corrected chi connectivity index (χ0v) is 9.20. The molecule has 1 rings (SSSR count). The van der Waals surface area contributed by atoms with Crippen LogP contribution in [0.5, 0.6) is 0 Å². The number of unbranched alkanes of at least 4 members (excludes halogenated alkanes) is 1. The van der Waals surface area contributed by atoms with Crippen LogP contribution in [0.15, 0.2) is 0 Å². The highest BCUT2D eigenvalue weighted by Gasteiger charge is 2.40. The molecule has 4 atom stereocenters. The minimum Gasteiger partial charge on any atom is -0.457 e. The third-order valence-electron chi connectivity index (χ3n) is 2.45. The van der Waals surface area contributed by atoms with Gasteiger partial charge in [0.25, 0.3) is 0 Å². The molecule has 0 unspecified atom stereocenters.